The lowest BCUT2D eigenvalue weighted by Gasteiger charge is -1.98. The van der Waals surface area contributed by atoms with Gasteiger partial charge in [0, 0.05) is 11.6 Å². The number of nitro groups is 1. The molecule has 0 aliphatic carbocycles. The Morgan fingerprint density at radius 1 is 1.08 bits per heavy atom. The summed E-state index contributed by atoms with van der Waals surface area (Å²) in [5.41, 5.74) is 0.663. The summed E-state index contributed by atoms with van der Waals surface area (Å²) in [4.78, 5) is 22.7. The first kappa shape index (κ1) is 16.2. The number of nitro benzene ring substituents is 1. The van der Waals surface area contributed by atoms with Gasteiger partial charge in [0.1, 0.15) is 17.3 Å². The summed E-state index contributed by atoms with van der Waals surface area (Å²) in [5.74, 6) is 0.453. The molecule has 3 rings (SSSR count). The van der Waals surface area contributed by atoms with Crippen molar-refractivity contribution < 1.29 is 19.2 Å². The number of carbonyl (C=O) groups is 1. The summed E-state index contributed by atoms with van der Waals surface area (Å²) in [6, 6.07) is 15.5. The number of furan rings is 1. The monoisotopic (exact) mass is 335 g/mol. The van der Waals surface area contributed by atoms with Crippen LogP contribution in [0.3, 0.4) is 0 Å². The summed E-state index contributed by atoms with van der Waals surface area (Å²) in [6.07, 6.45) is 2.79. The van der Waals surface area contributed by atoms with Gasteiger partial charge in [-0.25, -0.2) is 0 Å². The Kier molecular flexibility index (Phi) is 4.43. The van der Waals surface area contributed by atoms with Gasteiger partial charge in [0.25, 0.3) is 5.69 Å². The average molecular weight is 335 g/mol. The van der Waals surface area contributed by atoms with Gasteiger partial charge in [0.15, 0.2) is 5.78 Å². The first-order valence-electron chi connectivity index (χ1n) is 7.39. The fourth-order valence-corrected chi connectivity index (χ4v) is 2.34. The van der Waals surface area contributed by atoms with Crippen molar-refractivity contribution in [3.63, 3.8) is 0 Å². The highest BCUT2D eigenvalue weighted by molar-refractivity contribution is 6.06. The van der Waals surface area contributed by atoms with Crippen LogP contribution in [0, 0.1) is 10.1 Å². The van der Waals surface area contributed by atoms with E-state index >= 15 is 0 Å². The molecule has 0 amide bonds. The first-order chi connectivity index (χ1) is 12.0. The smallest absolute Gasteiger partial charge is 0.280 e. The Hall–Kier alpha value is -3.67. The molecule has 0 spiro atoms. The maximum atomic E-state index is 12.1. The molecule has 0 bridgehead atoms. The van der Waals surface area contributed by atoms with Crippen molar-refractivity contribution in [3.05, 3.63) is 88.2 Å². The molecule has 1 heterocycles. The van der Waals surface area contributed by atoms with E-state index in [9.17, 15) is 20.0 Å². The number of benzene rings is 2. The zero-order valence-electron chi connectivity index (χ0n) is 13.0. The molecule has 0 aliphatic rings. The number of hydrogen-bond acceptors (Lipinski definition) is 5. The Bertz CT molecular complexity index is 971. The Balaban J connectivity index is 1.83. The molecule has 1 N–H and O–H groups in total. The Labute approximate surface area is 142 Å². The molecule has 6 nitrogen and oxygen atoms in total. The van der Waals surface area contributed by atoms with Gasteiger partial charge in [-0.15, -0.1) is 0 Å². The number of phenolic OH excluding ortho intramolecular Hbond substituents is 1. The lowest BCUT2D eigenvalue weighted by atomic mass is 10.1. The highest BCUT2D eigenvalue weighted by atomic mass is 16.6. The molecule has 0 aliphatic heterocycles. The van der Waals surface area contributed by atoms with Crippen molar-refractivity contribution in [3.8, 4) is 17.1 Å². The zero-order chi connectivity index (χ0) is 17.8. The lowest BCUT2D eigenvalue weighted by molar-refractivity contribution is -0.384. The second-order valence-electron chi connectivity index (χ2n) is 5.22. The molecule has 25 heavy (non-hydrogen) atoms. The van der Waals surface area contributed by atoms with E-state index in [0.29, 0.717) is 22.6 Å². The summed E-state index contributed by atoms with van der Waals surface area (Å²) in [6.45, 7) is 0. The molecule has 124 valence electrons. The minimum Gasteiger partial charge on any atom is -0.508 e. The van der Waals surface area contributed by atoms with Crippen LogP contribution in [0.25, 0.3) is 17.4 Å². The molecule has 2 aromatic carbocycles. The number of para-hydroxylation sites is 1. The van der Waals surface area contributed by atoms with Crippen LogP contribution in [-0.2, 0) is 0 Å². The van der Waals surface area contributed by atoms with Gasteiger partial charge >= 0.3 is 0 Å². The van der Waals surface area contributed by atoms with Crippen LogP contribution < -0.4 is 0 Å². The van der Waals surface area contributed by atoms with Crippen LogP contribution in [0.15, 0.2) is 71.2 Å². The molecule has 0 atom stereocenters. The van der Waals surface area contributed by atoms with Crippen LogP contribution in [0.5, 0.6) is 5.75 Å². The van der Waals surface area contributed by atoms with Crippen LogP contribution >= 0.6 is 0 Å². The normalized spacial score (nSPS) is 10.9. The highest BCUT2D eigenvalue weighted by Gasteiger charge is 2.16. The fraction of sp³-hybridized carbons (Fsp3) is 0. The van der Waals surface area contributed by atoms with Gasteiger partial charge in [0.05, 0.1) is 10.5 Å². The standard InChI is InChI=1S/C19H13NO5/c21-14-5-3-4-13(12-14)18(22)10-8-15-9-11-19(25-15)16-6-1-2-7-17(16)20(23)24/h1-12,21H/b10-8+. The topological polar surface area (TPSA) is 93.6 Å². The van der Waals surface area contributed by atoms with Crippen LogP contribution in [0.2, 0.25) is 0 Å². The van der Waals surface area contributed by atoms with E-state index in [2.05, 4.69) is 0 Å². The molecule has 3 aromatic rings. The number of hydrogen-bond donors (Lipinski definition) is 1. The maximum absolute atomic E-state index is 12.1. The fourth-order valence-electron chi connectivity index (χ4n) is 2.34. The molecule has 6 heteroatoms. The van der Waals surface area contributed by atoms with Crippen molar-refractivity contribution in [2.45, 2.75) is 0 Å². The third kappa shape index (κ3) is 3.64. The minimum atomic E-state index is -0.473. The highest BCUT2D eigenvalue weighted by Crippen LogP contribution is 2.31. The Morgan fingerprint density at radius 3 is 2.64 bits per heavy atom. The quantitative estimate of drug-likeness (QED) is 0.321. The molecule has 0 saturated heterocycles. The van der Waals surface area contributed by atoms with Crippen molar-refractivity contribution in [1.82, 2.24) is 0 Å². The van der Waals surface area contributed by atoms with Gasteiger partial charge in [-0.1, -0.05) is 24.3 Å². The van der Waals surface area contributed by atoms with Crippen molar-refractivity contribution in [2.75, 3.05) is 0 Å². The second kappa shape index (κ2) is 6.84. The van der Waals surface area contributed by atoms with E-state index in [1.807, 2.05) is 0 Å². The van der Waals surface area contributed by atoms with E-state index < -0.39 is 4.92 Å². The number of allylic oxidation sites excluding steroid dienone is 1. The number of nitrogens with zero attached hydrogens (tertiary/aromatic N) is 1. The SMILES string of the molecule is O=C(/C=C/c1ccc(-c2ccccc2[N+](=O)[O-])o1)c1cccc(O)c1. The van der Waals surface area contributed by atoms with E-state index in [0.717, 1.165) is 0 Å². The molecule has 0 saturated carbocycles. The van der Waals surface area contributed by atoms with E-state index in [4.69, 9.17) is 4.42 Å². The third-order valence-electron chi connectivity index (χ3n) is 3.52. The van der Waals surface area contributed by atoms with E-state index in [1.54, 1.807) is 42.5 Å². The minimum absolute atomic E-state index is 0.0101. The third-order valence-corrected chi connectivity index (χ3v) is 3.52. The molecule has 1 aromatic heterocycles. The molecular formula is C19H13NO5. The van der Waals surface area contributed by atoms with Gasteiger partial charge in [-0.2, -0.15) is 0 Å². The lowest BCUT2D eigenvalue weighted by Crippen LogP contribution is -1.92. The molecule has 0 radical (unpaired) electrons. The maximum Gasteiger partial charge on any atom is 0.280 e. The number of ketones is 1. The average Bonchev–Trinajstić information content (AvgIpc) is 3.08. The van der Waals surface area contributed by atoms with Gasteiger partial charge in [-0.05, 0) is 42.5 Å². The van der Waals surface area contributed by atoms with Crippen LogP contribution in [-0.4, -0.2) is 15.8 Å². The first-order valence-corrected chi connectivity index (χ1v) is 7.39. The van der Waals surface area contributed by atoms with E-state index in [-0.39, 0.29) is 17.2 Å². The van der Waals surface area contributed by atoms with Crippen molar-refractivity contribution >= 4 is 17.5 Å². The number of carbonyl (C=O) groups excluding carboxylic acids is 1. The Morgan fingerprint density at radius 2 is 1.88 bits per heavy atom. The number of rotatable bonds is 5. The van der Waals surface area contributed by atoms with Crippen molar-refractivity contribution in [2.24, 2.45) is 0 Å². The van der Waals surface area contributed by atoms with Crippen LogP contribution in [0.1, 0.15) is 16.1 Å². The summed E-state index contributed by atoms with van der Waals surface area (Å²) in [7, 11) is 0. The molecular weight excluding hydrogens is 322 g/mol. The number of phenols is 1. The predicted molar refractivity (Wildman–Crippen MR) is 92.3 cm³/mol. The van der Waals surface area contributed by atoms with Gasteiger partial charge < -0.3 is 9.52 Å². The number of aromatic hydroxyl groups is 1. The zero-order valence-corrected chi connectivity index (χ0v) is 13.0. The predicted octanol–water partition coefficient (Wildman–Crippen LogP) is 4.46. The van der Waals surface area contributed by atoms with E-state index in [1.165, 1.54) is 30.4 Å². The largest absolute Gasteiger partial charge is 0.508 e. The summed E-state index contributed by atoms with van der Waals surface area (Å²) < 4.78 is 5.58. The summed E-state index contributed by atoms with van der Waals surface area (Å²) in [5, 5.41) is 20.5. The van der Waals surface area contributed by atoms with Gasteiger partial charge in [0.2, 0.25) is 0 Å². The molecule has 0 fully saturated rings. The summed E-state index contributed by atoms with van der Waals surface area (Å²) >= 11 is 0. The van der Waals surface area contributed by atoms with Crippen molar-refractivity contribution in [1.29, 1.82) is 0 Å². The second-order valence-corrected chi connectivity index (χ2v) is 5.22. The van der Waals surface area contributed by atoms with Crippen LogP contribution in [0.4, 0.5) is 5.69 Å². The molecule has 0 unspecified atom stereocenters. The van der Waals surface area contributed by atoms with Gasteiger partial charge in [-0.3, -0.25) is 14.9 Å².